The lowest BCUT2D eigenvalue weighted by Crippen LogP contribution is -2.55. The van der Waals surface area contributed by atoms with Crippen molar-refractivity contribution in [3.05, 3.63) is 0 Å². The summed E-state index contributed by atoms with van der Waals surface area (Å²) >= 11 is 0. The Labute approximate surface area is 136 Å². The summed E-state index contributed by atoms with van der Waals surface area (Å²) < 4.78 is 5.60. The average molecular weight is 310 g/mol. The van der Waals surface area contributed by atoms with E-state index in [0.717, 1.165) is 25.7 Å². The van der Waals surface area contributed by atoms with Gasteiger partial charge in [0.15, 0.2) is 0 Å². The smallest absolute Gasteiger partial charge is 0.410 e. The number of nitrogens with zero attached hydrogens (tertiary/aromatic N) is 1. The van der Waals surface area contributed by atoms with Gasteiger partial charge < -0.3 is 15.0 Å². The Balaban J connectivity index is 1.96. The van der Waals surface area contributed by atoms with Crippen LogP contribution in [0.1, 0.15) is 74.1 Å². The normalized spacial score (nSPS) is 30.3. The summed E-state index contributed by atoms with van der Waals surface area (Å²) in [6.45, 7) is 14.9. The van der Waals surface area contributed by atoms with E-state index in [9.17, 15) is 4.79 Å². The lowest BCUT2D eigenvalue weighted by Gasteiger charge is -2.42. The molecule has 2 aliphatic rings. The van der Waals surface area contributed by atoms with E-state index in [1.807, 2.05) is 25.7 Å². The fourth-order valence-electron chi connectivity index (χ4n) is 3.53. The first kappa shape index (κ1) is 17.6. The summed E-state index contributed by atoms with van der Waals surface area (Å²) in [6, 6.07) is 1.69. The Morgan fingerprint density at radius 3 is 2.00 bits per heavy atom. The van der Waals surface area contributed by atoms with Crippen molar-refractivity contribution >= 4 is 6.09 Å². The molecule has 0 aliphatic carbocycles. The predicted molar refractivity (Wildman–Crippen MR) is 90.0 cm³/mol. The Bertz CT molecular complexity index is 394. The van der Waals surface area contributed by atoms with Crippen molar-refractivity contribution in [2.45, 2.75) is 104 Å². The summed E-state index contributed by atoms with van der Waals surface area (Å²) in [6.07, 6.45) is 4.21. The van der Waals surface area contributed by atoms with E-state index in [2.05, 4.69) is 33.0 Å². The molecule has 2 heterocycles. The molecular formula is C18H34N2O2. The molecule has 0 radical (unpaired) electrons. The van der Waals surface area contributed by atoms with Crippen molar-refractivity contribution in [3.63, 3.8) is 0 Å². The number of rotatable bonds is 2. The molecule has 2 bridgehead atoms. The third kappa shape index (κ3) is 4.15. The van der Waals surface area contributed by atoms with Crippen molar-refractivity contribution in [2.24, 2.45) is 5.41 Å². The predicted octanol–water partition coefficient (Wildman–Crippen LogP) is 3.94. The van der Waals surface area contributed by atoms with Gasteiger partial charge in [-0.15, -0.1) is 0 Å². The largest absolute Gasteiger partial charge is 0.444 e. The first-order valence-electron chi connectivity index (χ1n) is 8.75. The summed E-state index contributed by atoms with van der Waals surface area (Å²) in [5, 5.41) is 3.79. The second-order valence-electron chi connectivity index (χ2n) is 9.20. The van der Waals surface area contributed by atoms with Gasteiger partial charge in [-0.1, -0.05) is 20.8 Å². The Morgan fingerprint density at radius 1 is 1.09 bits per heavy atom. The van der Waals surface area contributed by atoms with Gasteiger partial charge >= 0.3 is 6.09 Å². The van der Waals surface area contributed by atoms with Gasteiger partial charge in [-0.3, -0.25) is 0 Å². The van der Waals surface area contributed by atoms with Gasteiger partial charge in [0.25, 0.3) is 0 Å². The van der Waals surface area contributed by atoms with E-state index in [4.69, 9.17) is 4.74 Å². The van der Waals surface area contributed by atoms with Crippen molar-refractivity contribution in [2.75, 3.05) is 0 Å². The average Bonchev–Trinajstić information content (AvgIpc) is 2.58. The van der Waals surface area contributed by atoms with E-state index in [-0.39, 0.29) is 11.5 Å². The molecule has 0 saturated carbocycles. The quantitative estimate of drug-likeness (QED) is 0.840. The third-order valence-electron chi connectivity index (χ3n) is 5.12. The number of hydrogen-bond acceptors (Lipinski definition) is 3. The second kappa shape index (κ2) is 6.03. The lowest BCUT2D eigenvalue weighted by molar-refractivity contribution is 0.00367. The van der Waals surface area contributed by atoms with Crippen molar-refractivity contribution in [3.8, 4) is 0 Å². The molecule has 3 atom stereocenters. The highest BCUT2D eigenvalue weighted by Gasteiger charge is 2.45. The highest BCUT2D eigenvalue weighted by atomic mass is 16.6. The fourth-order valence-corrected chi connectivity index (χ4v) is 3.53. The van der Waals surface area contributed by atoms with Crippen LogP contribution in [0.5, 0.6) is 0 Å². The number of nitrogens with one attached hydrogen (secondary N) is 1. The molecule has 1 amide bonds. The SMILES string of the molecule is CC(NC1CC2CCC(C1)N2C(=O)OC(C)(C)C)C(C)(C)C. The van der Waals surface area contributed by atoms with Gasteiger partial charge in [0, 0.05) is 24.2 Å². The number of fused-ring (bicyclic) bond motifs is 2. The van der Waals surface area contributed by atoms with Crippen LogP contribution in [-0.2, 0) is 4.74 Å². The van der Waals surface area contributed by atoms with E-state index in [0.29, 0.717) is 24.2 Å². The molecule has 22 heavy (non-hydrogen) atoms. The fraction of sp³-hybridized carbons (Fsp3) is 0.944. The van der Waals surface area contributed by atoms with Gasteiger partial charge in [0.2, 0.25) is 0 Å². The number of ether oxygens (including phenoxy) is 1. The van der Waals surface area contributed by atoms with Crippen LogP contribution >= 0.6 is 0 Å². The summed E-state index contributed by atoms with van der Waals surface area (Å²) in [5.41, 5.74) is -0.145. The van der Waals surface area contributed by atoms with E-state index in [1.165, 1.54) is 0 Å². The van der Waals surface area contributed by atoms with E-state index < -0.39 is 5.60 Å². The standard InChI is InChI=1S/C18H34N2O2/c1-12(17(2,3)4)19-13-10-14-8-9-15(11-13)20(14)16(21)22-18(5,6)7/h12-15,19H,8-11H2,1-7H3. The molecule has 0 aromatic heterocycles. The highest BCUT2D eigenvalue weighted by molar-refractivity contribution is 5.69. The number of carbonyl (C=O) groups excluding carboxylic acids is 1. The second-order valence-corrected chi connectivity index (χ2v) is 9.20. The molecule has 3 unspecified atom stereocenters. The topological polar surface area (TPSA) is 41.6 Å². The van der Waals surface area contributed by atoms with Crippen LogP contribution in [-0.4, -0.2) is 40.8 Å². The van der Waals surface area contributed by atoms with Gasteiger partial charge in [-0.25, -0.2) is 4.79 Å². The third-order valence-corrected chi connectivity index (χ3v) is 5.12. The number of carbonyl (C=O) groups is 1. The zero-order valence-corrected chi connectivity index (χ0v) is 15.4. The summed E-state index contributed by atoms with van der Waals surface area (Å²) in [5.74, 6) is 0. The minimum absolute atomic E-state index is 0.123. The monoisotopic (exact) mass is 310 g/mol. The molecule has 4 nitrogen and oxygen atoms in total. The number of amides is 1. The molecule has 128 valence electrons. The van der Waals surface area contributed by atoms with Gasteiger partial charge in [0.1, 0.15) is 5.60 Å². The van der Waals surface area contributed by atoms with Gasteiger partial charge in [-0.2, -0.15) is 0 Å². The van der Waals surface area contributed by atoms with Crippen molar-refractivity contribution in [1.29, 1.82) is 0 Å². The lowest BCUT2D eigenvalue weighted by atomic mass is 9.86. The molecule has 4 heteroatoms. The summed E-state index contributed by atoms with van der Waals surface area (Å²) in [4.78, 5) is 14.5. The van der Waals surface area contributed by atoms with Gasteiger partial charge in [-0.05, 0) is 58.8 Å². The summed E-state index contributed by atoms with van der Waals surface area (Å²) in [7, 11) is 0. The number of piperidine rings is 1. The minimum atomic E-state index is -0.410. The molecule has 2 saturated heterocycles. The first-order chi connectivity index (χ1) is 9.97. The van der Waals surface area contributed by atoms with Gasteiger partial charge in [0.05, 0.1) is 0 Å². The molecule has 0 aromatic rings. The maximum atomic E-state index is 12.4. The molecular weight excluding hydrogens is 276 g/mol. The van der Waals surface area contributed by atoms with E-state index >= 15 is 0 Å². The Hall–Kier alpha value is -0.770. The maximum Gasteiger partial charge on any atom is 0.410 e. The highest BCUT2D eigenvalue weighted by Crippen LogP contribution is 2.37. The van der Waals surface area contributed by atoms with Crippen molar-refractivity contribution in [1.82, 2.24) is 10.2 Å². The van der Waals surface area contributed by atoms with Crippen LogP contribution in [0.15, 0.2) is 0 Å². The van der Waals surface area contributed by atoms with Crippen LogP contribution < -0.4 is 5.32 Å². The zero-order chi connectivity index (χ0) is 16.7. The Kier molecular flexibility index (Phi) is 4.82. The van der Waals surface area contributed by atoms with E-state index in [1.54, 1.807) is 0 Å². The molecule has 2 fully saturated rings. The zero-order valence-electron chi connectivity index (χ0n) is 15.4. The molecule has 0 aromatic carbocycles. The maximum absolute atomic E-state index is 12.4. The van der Waals surface area contributed by atoms with Crippen LogP contribution in [0.4, 0.5) is 4.79 Å². The van der Waals surface area contributed by atoms with Crippen LogP contribution in [0.2, 0.25) is 0 Å². The molecule has 0 spiro atoms. The van der Waals surface area contributed by atoms with Crippen LogP contribution in [0.25, 0.3) is 0 Å². The van der Waals surface area contributed by atoms with Crippen LogP contribution in [0, 0.1) is 5.41 Å². The number of hydrogen-bond donors (Lipinski definition) is 1. The molecule has 2 aliphatic heterocycles. The molecule has 1 N–H and O–H groups in total. The Morgan fingerprint density at radius 2 is 1.59 bits per heavy atom. The van der Waals surface area contributed by atoms with Crippen LogP contribution in [0.3, 0.4) is 0 Å². The van der Waals surface area contributed by atoms with Crippen molar-refractivity contribution < 1.29 is 9.53 Å². The minimum Gasteiger partial charge on any atom is -0.444 e. The molecule has 2 rings (SSSR count). The first-order valence-corrected chi connectivity index (χ1v) is 8.75.